The van der Waals surface area contributed by atoms with Crippen molar-refractivity contribution in [2.75, 3.05) is 7.11 Å². The summed E-state index contributed by atoms with van der Waals surface area (Å²) in [5.74, 6) is -0.776. The van der Waals surface area contributed by atoms with Crippen LogP contribution in [-0.4, -0.2) is 26.0 Å². The zero-order valence-electron chi connectivity index (χ0n) is 9.63. The minimum atomic E-state index is -4.48. The molecule has 96 valence electrons. The third-order valence-corrected chi connectivity index (χ3v) is 4.63. The summed E-state index contributed by atoms with van der Waals surface area (Å²) in [6.45, 7) is 1.85. The number of benzene rings is 1. The van der Waals surface area contributed by atoms with E-state index < -0.39 is 16.1 Å². The molecule has 0 aliphatic heterocycles. The summed E-state index contributed by atoms with van der Waals surface area (Å²) in [6, 6.07) is 5.03. The number of ether oxygens (including phenoxy) is 1. The quantitative estimate of drug-likeness (QED) is 0.676. The van der Waals surface area contributed by atoms with Gasteiger partial charge in [0, 0.05) is 10.1 Å². The number of rotatable bonds is 2. The van der Waals surface area contributed by atoms with E-state index in [0.29, 0.717) is 10.1 Å². The molecule has 0 saturated heterocycles. The number of esters is 1. The Morgan fingerprint density at radius 1 is 1.39 bits per heavy atom. The van der Waals surface area contributed by atoms with Crippen molar-refractivity contribution in [1.82, 2.24) is 0 Å². The normalized spacial score (nSPS) is 11.7. The number of carbonyl (C=O) groups is 1. The molecule has 0 saturated carbocycles. The molecule has 0 unspecified atom stereocenters. The van der Waals surface area contributed by atoms with E-state index in [1.165, 1.54) is 0 Å². The average molecular weight is 286 g/mol. The first kappa shape index (κ1) is 13.0. The van der Waals surface area contributed by atoms with E-state index in [2.05, 4.69) is 4.74 Å². The van der Waals surface area contributed by atoms with Crippen LogP contribution in [0.2, 0.25) is 0 Å². The van der Waals surface area contributed by atoms with E-state index in [1.54, 1.807) is 18.2 Å². The van der Waals surface area contributed by atoms with Gasteiger partial charge in [0.15, 0.2) is 0 Å². The molecule has 0 spiro atoms. The van der Waals surface area contributed by atoms with E-state index in [4.69, 9.17) is 0 Å². The molecular formula is C11H10O5S2. The smallest absolute Gasteiger partial charge is 0.349 e. The monoisotopic (exact) mass is 286 g/mol. The van der Waals surface area contributed by atoms with Crippen LogP contribution in [0.25, 0.3) is 10.1 Å². The first-order chi connectivity index (χ1) is 8.34. The molecule has 0 bridgehead atoms. The summed E-state index contributed by atoms with van der Waals surface area (Å²) in [7, 11) is -3.32. The fraction of sp³-hybridized carbons (Fsp3) is 0.182. The first-order valence-corrected chi connectivity index (χ1v) is 7.19. The molecule has 0 aliphatic carbocycles. The molecule has 7 heteroatoms. The molecule has 1 heterocycles. The topological polar surface area (TPSA) is 80.7 Å². The Hall–Kier alpha value is -1.44. The summed E-state index contributed by atoms with van der Waals surface area (Å²) < 4.78 is 37.2. The molecule has 1 N–H and O–H groups in total. The van der Waals surface area contributed by atoms with Gasteiger partial charge in [-0.3, -0.25) is 4.55 Å². The lowest BCUT2D eigenvalue weighted by molar-refractivity contribution is 0.0602. The molecule has 0 aliphatic rings. The van der Waals surface area contributed by atoms with Crippen molar-refractivity contribution in [1.29, 1.82) is 0 Å². The van der Waals surface area contributed by atoms with Crippen molar-refractivity contribution in [3.63, 3.8) is 0 Å². The molecule has 2 aromatic rings. The number of aryl methyl sites for hydroxylation is 1. The highest BCUT2D eigenvalue weighted by atomic mass is 32.2. The summed E-state index contributed by atoms with van der Waals surface area (Å²) in [6.07, 6.45) is 0. The first-order valence-electron chi connectivity index (χ1n) is 4.93. The van der Waals surface area contributed by atoms with Crippen molar-refractivity contribution in [3.8, 4) is 0 Å². The van der Waals surface area contributed by atoms with Gasteiger partial charge >= 0.3 is 5.97 Å². The van der Waals surface area contributed by atoms with Gasteiger partial charge in [-0.05, 0) is 18.6 Å². The van der Waals surface area contributed by atoms with Gasteiger partial charge in [0.05, 0.1) is 7.11 Å². The number of thiophene rings is 1. The summed E-state index contributed by atoms with van der Waals surface area (Å²) >= 11 is 0.984. The van der Waals surface area contributed by atoms with E-state index in [-0.39, 0.29) is 9.77 Å². The molecule has 2 rings (SSSR count). The van der Waals surface area contributed by atoms with Crippen LogP contribution >= 0.6 is 11.3 Å². The molecule has 1 aromatic carbocycles. The van der Waals surface area contributed by atoms with Gasteiger partial charge in [0.2, 0.25) is 0 Å². The third kappa shape index (κ3) is 2.12. The molecule has 1 aromatic heterocycles. The van der Waals surface area contributed by atoms with Crippen molar-refractivity contribution in [3.05, 3.63) is 28.6 Å². The molecule has 18 heavy (non-hydrogen) atoms. The standard InChI is InChI=1S/C11H10O5S2/c1-6-3-4-7-8(5-6)17-9(11(12)16-2)10(7)18(13,14)15/h3-5H,1-2H3,(H,13,14,15). The Morgan fingerprint density at radius 3 is 2.61 bits per heavy atom. The lowest BCUT2D eigenvalue weighted by Gasteiger charge is -1.99. The van der Waals surface area contributed by atoms with Crippen molar-refractivity contribution >= 4 is 37.5 Å². The van der Waals surface area contributed by atoms with Crippen LogP contribution in [0.3, 0.4) is 0 Å². The lowest BCUT2D eigenvalue weighted by Crippen LogP contribution is -2.06. The third-order valence-electron chi connectivity index (χ3n) is 2.43. The maximum absolute atomic E-state index is 11.5. The molecule has 5 nitrogen and oxygen atoms in total. The number of hydrogen-bond acceptors (Lipinski definition) is 5. The van der Waals surface area contributed by atoms with Gasteiger partial charge in [0.1, 0.15) is 9.77 Å². The van der Waals surface area contributed by atoms with Gasteiger partial charge in [0.25, 0.3) is 10.1 Å². The summed E-state index contributed by atoms with van der Waals surface area (Å²) in [4.78, 5) is 11.1. The molecule has 0 radical (unpaired) electrons. The largest absolute Gasteiger partial charge is 0.465 e. The highest BCUT2D eigenvalue weighted by molar-refractivity contribution is 7.86. The Morgan fingerprint density at radius 2 is 2.06 bits per heavy atom. The Bertz CT molecular complexity index is 727. The van der Waals surface area contributed by atoms with Crippen molar-refractivity contribution in [2.45, 2.75) is 11.8 Å². The number of methoxy groups -OCH3 is 1. The average Bonchev–Trinajstić information content (AvgIpc) is 2.65. The van der Waals surface area contributed by atoms with Crippen LogP contribution in [0.5, 0.6) is 0 Å². The maximum Gasteiger partial charge on any atom is 0.349 e. The van der Waals surface area contributed by atoms with Crippen LogP contribution in [0.4, 0.5) is 0 Å². The van der Waals surface area contributed by atoms with Crippen LogP contribution in [0.15, 0.2) is 23.1 Å². The number of fused-ring (bicyclic) bond motifs is 1. The van der Waals surface area contributed by atoms with Crippen molar-refractivity contribution < 1.29 is 22.5 Å². The number of carbonyl (C=O) groups excluding carboxylic acids is 1. The minimum absolute atomic E-state index is 0.111. The second-order valence-corrected chi connectivity index (χ2v) is 6.14. The Kier molecular flexibility index (Phi) is 3.14. The second kappa shape index (κ2) is 4.34. The molecule has 0 amide bonds. The summed E-state index contributed by atoms with van der Waals surface area (Å²) in [5.41, 5.74) is 0.932. The highest BCUT2D eigenvalue weighted by Gasteiger charge is 2.27. The second-order valence-electron chi connectivity index (χ2n) is 3.73. The fourth-order valence-electron chi connectivity index (χ4n) is 1.66. The SMILES string of the molecule is COC(=O)c1sc2cc(C)ccc2c1S(=O)(=O)O. The number of hydrogen-bond donors (Lipinski definition) is 1. The van der Waals surface area contributed by atoms with Gasteiger partial charge in [-0.25, -0.2) is 4.79 Å². The molecule has 0 atom stereocenters. The molecular weight excluding hydrogens is 276 g/mol. The van der Waals surface area contributed by atoms with Crippen LogP contribution in [0, 0.1) is 6.92 Å². The zero-order chi connectivity index (χ0) is 13.5. The predicted molar refractivity (Wildman–Crippen MR) is 67.7 cm³/mol. The van der Waals surface area contributed by atoms with Gasteiger partial charge in [-0.2, -0.15) is 8.42 Å². The molecule has 0 fully saturated rings. The Balaban J connectivity index is 2.89. The lowest BCUT2D eigenvalue weighted by atomic mass is 10.2. The van der Waals surface area contributed by atoms with E-state index in [0.717, 1.165) is 24.0 Å². The van der Waals surface area contributed by atoms with E-state index in [9.17, 15) is 17.8 Å². The summed E-state index contributed by atoms with van der Waals surface area (Å²) in [5, 5.41) is 0.327. The van der Waals surface area contributed by atoms with E-state index in [1.807, 2.05) is 6.92 Å². The fourth-order valence-corrected chi connectivity index (χ4v) is 4.06. The minimum Gasteiger partial charge on any atom is -0.465 e. The van der Waals surface area contributed by atoms with Crippen molar-refractivity contribution in [2.24, 2.45) is 0 Å². The highest BCUT2D eigenvalue weighted by Crippen LogP contribution is 2.35. The van der Waals surface area contributed by atoms with Gasteiger partial charge < -0.3 is 4.74 Å². The van der Waals surface area contributed by atoms with Crippen LogP contribution in [0.1, 0.15) is 15.2 Å². The van der Waals surface area contributed by atoms with Crippen LogP contribution < -0.4 is 0 Å². The Labute approximate surface area is 108 Å². The maximum atomic E-state index is 11.5. The van der Waals surface area contributed by atoms with E-state index >= 15 is 0 Å². The van der Waals surface area contributed by atoms with Gasteiger partial charge in [-0.1, -0.05) is 12.1 Å². The van der Waals surface area contributed by atoms with Crippen LogP contribution in [-0.2, 0) is 14.9 Å². The predicted octanol–water partition coefficient (Wildman–Crippen LogP) is 2.24. The zero-order valence-corrected chi connectivity index (χ0v) is 11.3. The van der Waals surface area contributed by atoms with Gasteiger partial charge in [-0.15, -0.1) is 11.3 Å².